The van der Waals surface area contributed by atoms with Gasteiger partial charge in [-0.05, 0) is 50.4 Å². The zero-order chi connectivity index (χ0) is 11.4. The van der Waals surface area contributed by atoms with Crippen LogP contribution in [0.1, 0.15) is 30.4 Å². The van der Waals surface area contributed by atoms with Gasteiger partial charge in [-0.25, -0.2) is 0 Å². The molecule has 0 amide bonds. The van der Waals surface area contributed by atoms with Crippen LogP contribution >= 0.6 is 0 Å². The van der Waals surface area contributed by atoms with E-state index in [1.165, 1.54) is 30.4 Å². The largest absolute Gasteiger partial charge is 0.492 e. The van der Waals surface area contributed by atoms with E-state index >= 15 is 0 Å². The standard InChI is InChI=1S/C14H21NO/c1-11-6-5-8-14(12(11)2)16-10-13-7-3-4-9-15-13/h5-6,8,13,15H,3-4,7,9-10H2,1-2H3. The molecule has 1 saturated heterocycles. The van der Waals surface area contributed by atoms with Crippen molar-refractivity contribution in [2.45, 2.75) is 39.2 Å². The summed E-state index contributed by atoms with van der Waals surface area (Å²) in [6, 6.07) is 6.78. The summed E-state index contributed by atoms with van der Waals surface area (Å²) < 4.78 is 5.89. The van der Waals surface area contributed by atoms with Crippen LogP contribution in [0, 0.1) is 13.8 Å². The average molecular weight is 219 g/mol. The van der Waals surface area contributed by atoms with Crippen molar-refractivity contribution in [3.05, 3.63) is 29.3 Å². The summed E-state index contributed by atoms with van der Waals surface area (Å²) in [5.74, 6) is 1.03. The van der Waals surface area contributed by atoms with Gasteiger partial charge in [-0.2, -0.15) is 0 Å². The van der Waals surface area contributed by atoms with Crippen molar-refractivity contribution in [1.29, 1.82) is 0 Å². The minimum absolute atomic E-state index is 0.536. The lowest BCUT2D eigenvalue weighted by molar-refractivity contribution is 0.238. The molecule has 0 aromatic heterocycles. The van der Waals surface area contributed by atoms with Crippen LogP contribution < -0.4 is 10.1 Å². The zero-order valence-electron chi connectivity index (χ0n) is 10.3. The quantitative estimate of drug-likeness (QED) is 0.844. The molecule has 2 nitrogen and oxygen atoms in total. The average Bonchev–Trinajstić information content (AvgIpc) is 2.32. The van der Waals surface area contributed by atoms with Crippen molar-refractivity contribution in [1.82, 2.24) is 5.32 Å². The molecule has 1 unspecified atom stereocenters. The van der Waals surface area contributed by atoms with Gasteiger partial charge in [-0.3, -0.25) is 0 Å². The fourth-order valence-electron chi connectivity index (χ4n) is 2.14. The van der Waals surface area contributed by atoms with Crippen molar-refractivity contribution >= 4 is 0 Å². The number of rotatable bonds is 3. The highest BCUT2D eigenvalue weighted by molar-refractivity contribution is 5.38. The zero-order valence-corrected chi connectivity index (χ0v) is 10.3. The molecule has 0 spiro atoms. The lowest BCUT2D eigenvalue weighted by Gasteiger charge is -2.24. The molecule has 16 heavy (non-hydrogen) atoms. The van der Waals surface area contributed by atoms with Crippen molar-refractivity contribution < 1.29 is 4.74 Å². The van der Waals surface area contributed by atoms with Crippen LogP contribution in [-0.4, -0.2) is 19.2 Å². The molecule has 1 aliphatic rings. The Kier molecular flexibility index (Phi) is 3.83. The first-order chi connectivity index (χ1) is 7.77. The number of hydrogen-bond donors (Lipinski definition) is 1. The molecule has 88 valence electrons. The van der Waals surface area contributed by atoms with E-state index < -0.39 is 0 Å². The summed E-state index contributed by atoms with van der Waals surface area (Å²) in [7, 11) is 0. The van der Waals surface area contributed by atoms with Crippen molar-refractivity contribution in [2.24, 2.45) is 0 Å². The highest BCUT2D eigenvalue weighted by Crippen LogP contribution is 2.21. The third kappa shape index (κ3) is 2.76. The number of benzene rings is 1. The van der Waals surface area contributed by atoms with Gasteiger partial charge in [0, 0.05) is 6.04 Å². The minimum Gasteiger partial charge on any atom is -0.492 e. The highest BCUT2D eigenvalue weighted by atomic mass is 16.5. The maximum atomic E-state index is 5.89. The van der Waals surface area contributed by atoms with Gasteiger partial charge in [0.2, 0.25) is 0 Å². The summed E-state index contributed by atoms with van der Waals surface area (Å²) in [6.45, 7) is 6.19. The van der Waals surface area contributed by atoms with E-state index in [4.69, 9.17) is 4.74 Å². The first-order valence-electron chi connectivity index (χ1n) is 6.20. The van der Waals surface area contributed by atoms with Gasteiger partial charge in [0.05, 0.1) is 0 Å². The SMILES string of the molecule is Cc1cccc(OCC2CCCCN2)c1C. The van der Waals surface area contributed by atoms with Crippen LogP contribution in [0.5, 0.6) is 5.75 Å². The molecule has 2 rings (SSSR count). The van der Waals surface area contributed by atoms with Gasteiger partial charge in [0.1, 0.15) is 12.4 Å². The van der Waals surface area contributed by atoms with E-state index in [1.54, 1.807) is 0 Å². The van der Waals surface area contributed by atoms with E-state index in [0.717, 1.165) is 18.9 Å². The van der Waals surface area contributed by atoms with E-state index in [-0.39, 0.29) is 0 Å². The maximum Gasteiger partial charge on any atom is 0.122 e. The molecule has 0 aliphatic carbocycles. The van der Waals surface area contributed by atoms with Crippen LogP contribution in [0.15, 0.2) is 18.2 Å². The number of piperidine rings is 1. The number of ether oxygens (including phenoxy) is 1. The molecule has 1 atom stereocenters. The Bertz CT molecular complexity index is 343. The van der Waals surface area contributed by atoms with E-state index in [1.807, 2.05) is 0 Å². The maximum absolute atomic E-state index is 5.89. The van der Waals surface area contributed by atoms with E-state index in [9.17, 15) is 0 Å². The molecule has 0 bridgehead atoms. The van der Waals surface area contributed by atoms with Crippen LogP contribution in [0.25, 0.3) is 0 Å². The predicted molar refractivity (Wildman–Crippen MR) is 67.1 cm³/mol. The number of hydrogen-bond acceptors (Lipinski definition) is 2. The van der Waals surface area contributed by atoms with Crippen LogP contribution in [0.3, 0.4) is 0 Å². The van der Waals surface area contributed by atoms with E-state index in [0.29, 0.717) is 6.04 Å². The van der Waals surface area contributed by atoms with Gasteiger partial charge in [-0.1, -0.05) is 18.6 Å². The molecule has 0 saturated carbocycles. The van der Waals surface area contributed by atoms with Crippen LogP contribution in [-0.2, 0) is 0 Å². The Morgan fingerprint density at radius 3 is 2.94 bits per heavy atom. The molecule has 1 heterocycles. The molecule has 0 radical (unpaired) electrons. The topological polar surface area (TPSA) is 21.3 Å². The molecule has 1 fully saturated rings. The van der Waals surface area contributed by atoms with Gasteiger partial charge in [0.15, 0.2) is 0 Å². The monoisotopic (exact) mass is 219 g/mol. The molecule has 1 N–H and O–H groups in total. The minimum atomic E-state index is 0.536. The molecule has 1 aromatic carbocycles. The Morgan fingerprint density at radius 2 is 2.19 bits per heavy atom. The van der Waals surface area contributed by atoms with Crippen molar-refractivity contribution in [3.63, 3.8) is 0 Å². The Hall–Kier alpha value is -1.02. The summed E-state index contributed by atoms with van der Waals surface area (Å²) in [6.07, 6.45) is 3.87. The van der Waals surface area contributed by atoms with Gasteiger partial charge >= 0.3 is 0 Å². The highest BCUT2D eigenvalue weighted by Gasteiger charge is 2.13. The van der Waals surface area contributed by atoms with Crippen molar-refractivity contribution in [3.8, 4) is 5.75 Å². The molecular weight excluding hydrogens is 198 g/mol. The molecular formula is C14H21NO. The second-order valence-electron chi connectivity index (χ2n) is 4.66. The summed E-state index contributed by atoms with van der Waals surface area (Å²) in [5, 5.41) is 3.50. The second-order valence-corrected chi connectivity index (χ2v) is 4.66. The lowest BCUT2D eigenvalue weighted by Crippen LogP contribution is -2.38. The van der Waals surface area contributed by atoms with Crippen LogP contribution in [0.4, 0.5) is 0 Å². The van der Waals surface area contributed by atoms with Crippen molar-refractivity contribution in [2.75, 3.05) is 13.2 Å². The second kappa shape index (κ2) is 5.35. The van der Waals surface area contributed by atoms with Gasteiger partial charge in [0.25, 0.3) is 0 Å². The Labute approximate surface area is 98.0 Å². The predicted octanol–water partition coefficient (Wildman–Crippen LogP) is 2.82. The lowest BCUT2D eigenvalue weighted by atomic mass is 10.1. The third-order valence-corrected chi connectivity index (χ3v) is 3.41. The Morgan fingerprint density at radius 1 is 1.31 bits per heavy atom. The first-order valence-corrected chi connectivity index (χ1v) is 6.20. The summed E-state index contributed by atoms with van der Waals surface area (Å²) in [4.78, 5) is 0. The smallest absolute Gasteiger partial charge is 0.122 e. The van der Waals surface area contributed by atoms with Crippen LogP contribution in [0.2, 0.25) is 0 Å². The van der Waals surface area contributed by atoms with E-state index in [2.05, 4.69) is 37.4 Å². The molecule has 1 aliphatic heterocycles. The number of aryl methyl sites for hydroxylation is 1. The molecule has 2 heteroatoms. The summed E-state index contributed by atoms with van der Waals surface area (Å²) in [5.41, 5.74) is 2.56. The normalized spacial score (nSPS) is 20.8. The number of nitrogens with one attached hydrogen (secondary N) is 1. The molecule has 1 aromatic rings. The third-order valence-electron chi connectivity index (χ3n) is 3.41. The fourth-order valence-corrected chi connectivity index (χ4v) is 2.14. The summed E-state index contributed by atoms with van der Waals surface area (Å²) >= 11 is 0. The Balaban J connectivity index is 1.91. The first kappa shape index (κ1) is 11.5. The van der Waals surface area contributed by atoms with Gasteiger partial charge in [-0.15, -0.1) is 0 Å². The fraction of sp³-hybridized carbons (Fsp3) is 0.571. The van der Waals surface area contributed by atoms with Gasteiger partial charge < -0.3 is 10.1 Å².